The molecule has 2 N–H and O–H groups in total. The first-order valence-corrected chi connectivity index (χ1v) is 4.83. The summed E-state index contributed by atoms with van der Waals surface area (Å²) < 4.78 is 5.20. The van der Waals surface area contributed by atoms with Crippen LogP contribution < -0.4 is 5.73 Å². The van der Waals surface area contributed by atoms with E-state index in [-0.39, 0.29) is 17.4 Å². The van der Waals surface area contributed by atoms with Crippen molar-refractivity contribution in [2.75, 3.05) is 13.2 Å². The molecule has 0 spiro atoms. The molecule has 0 saturated carbocycles. The lowest BCUT2D eigenvalue weighted by atomic mass is 10.1. The lowest BCUT2D eigenvalue weighted by molar-refractivity contribution is -0.415. The minimum Gasteiger partial charge on any atom is -0.397 e. The molecule has 84 valence electrons. The van der Waals surface area contributed by atoms with Gasteiger partial charge in [0.25, 0.3) is 0 Å². The molecule has 0 aromatic heterocycles. The van der Waals surface area contributed by atoms with Crippen LogP contribution in [0.1, 0.15) is 19.8 Å². The van der Waals surface area contributed by atoms with Crippen LogP contribution in [-0.4, -0.2) is 30.4 Å². The van der Waals surface area contributed by atoms with E-state index in [1.165, 1.54) is 13.1 Å². The summed E-state index contributed by atoms with van der Waals surface area (Å²) in [4.78, 5) is 14.1. The number of hydrogen-bond donors (Lipinski definition) is 1. The van der Waals surface area contributed by atoms with Gasteiger partial charge in [0.15, 0.2) is 0 Å². The van der Waals surface area contributed by atoms with Gasteiger partial charge in [-0.25, -0.2) is 0 Å². The van der Waals surface area contributed by atoms with Crippen molar-refractivity contribution in [3.8, 4) is 0 Å². The first-order valence-electron chi connectivity index (χ1n) is 4.83. The second kappa shape index (κ2) is 5.45. The second-order valence-corrected chi connectivity index (χ2v) is 3.47. The van der Waals surface area contributed by atoms with Gasteiger partial charge in [0, 0.05) is 6.61 Å². The molecule has 1 fully saturated rings. The number of nitro groups is 1. The Balaban J connectivity index is 2.61. The van der Waals surface area contributed by atoms with Crippen LogP contribution in [0.5, 0.6) is 0 Å². The fourth-order valence-corrected chi connectivity index (χ4v) is 1.31. The highest BCUT2D eigenvalue weighted by Gasteiger charge is 2.14. The Morgan fingerprint density at radius 1 is 1.73 bits per heavy atom. The molecule has 0 aromatic rings. The van der Waals surface area contributed by atoms with E-state index in [1.807, 2.05) is 0 Å². The summed E-state index contributed by atoms with van der Waals surface area (Å²) in [5, 5.41) is 10.6. The fourth-order valence-electron chi connectivity index (χ4n) is 1.31. The summed E-state index contributed by atoms with van der Waals surface area (Å²) in [6.45, 7) is 2.77. The molecule has 1 saturated heterocycles. The van der Waals surface area contributed by atoms with Crippen molar-refractivity contribution in [3.05, 3.63) is 21.5 Å². The molecule has 0 amide bonds. The average Bonchev–Trinajstić information content (AvgIpc) is 2.18. The summed E-state index contributed by atoms with van der Waals surface area (Å²) >= 11 is 0. The van der Waals surface area contributed by atoms with Crippen LogP contribution in [0.4, 0.5) is 0 Å². The normalized spacial score (nSPS) is 23.9. The topological polar surface area (TPSA) is 90.8 Å². The molecule has 15 heavy (non-hydrogen) atoms. The molecule has 1 unspecified atom stereocenters. The van der Waals surface area contributed by atoms with Crippen molar-refractivity contribution in [2.24, 2.45) is 10.7 Å². The molecule has 1 atom stereocenters. The maximum Gasteiger partial charge on any atom is 0.305 e. The second-order valence-electron chi connectivity index (χ2n) is 3.47. The molecule has 1 rings (SSSR count). The van der Waals surface area contributed by atoms with Gasteiger partial charge in [0.2, 0.25) is 0 Å². The SMILES string of the molecule is CC(N)=C(C=NC1CCCOC1)[N+](=O)[O-]. The first-order chi connectivity index (χ1) is 7.11. The zero-order valence-electron chi connectivity index (χ0n) is 8.68. The molecule has 6 nitrogen and oxygen atoms in total. The number of hydrogen-bond acceptors (Lipinski definition) is 5. The summed E-state index contributed by atoms with van der Waals surface area (Å²) in [5.74, 6) is 0. The monoisotopic (exact) mass is 213 g/mol. The van der Waals surface area contributed by atoms with E-state index in [9.17, 15) is 10.1 Å². The number of allylic oxidation sites excluding steroid dienone is 2. The van der Waals surface area contributed by atoms with E-state index in [0.29, 0.717) is 6.61 Å². The summed E-state index contributed by atoms with van der Waals surface area (Å²) in [7, 11) is 0. The van der Waals surface area contributed by atoms with Gasteiger partial charge in [-0.1, -0.05) is 0 Å². The molecular formula is C9H15N3O3. The van der Waals surface area contributed by atoms with Gasteiger partial charge >= 0.3 is 5.70 Å². The van der Waals surface area contributed by atoms with E-state index in [1.54, 1.807) is 0 Å². The Hall–Kier alpha value is -1.43. The molecule has 6 heteroatoms. The van der Waals surface area contributed by atoms with Crippen LogP contribution in [0.15, 0.2) is 16.4 Å². The maximum atomic E-state index is 10.6. The Labute approximate surface area is 88.0 Å². The van der Waals surface area contributed by atoms with Crippen molar-refractivity contribution in [1.82, 2.24) is 0 Å². The predicted octanol–water partition coefficient (Wildman–Crippen LogP) is 0.703. The molecule has 0 bridgehead atoms. The van der Waals surface area contributed by atoms with Crippen LogP contribution in [0, 0.1) is 10.1 Å². The molecule has 1 heterocycles. The highest BCUT2D eigenvalue weighted by molar-refractivity contribution is 5.76. The van der Waals surface area contributed by atoms with Gasteiger partial charge in [-0.15, -0.1) is 0 Å². The third kappa shape index (κ3) is 3.67. The Morgan fingerprint density at radius 2 is 2.47 bits per heavy atom. The van der Waals surface area contributed by atoms with Crippen molar-refractivity contribution < 1.29 is 9.66 Å². The highest BCUT2D eigenvalue weighted by Crippen LogP contribution is 2.09. The molecule has 1 aliphatic rings. The van der Waals surface area contributed by atoms with Crippen molar-refractivity contribution in [3.63, 3.8) is 0 Å². The number of aliphatic imine (C=N–C) groups is 1. The van der Waals surface area contributed by atoms with Gasteiger partial charge in [0.1, 0.15) is 6.21 Å². The molecule has 0 aliphatic carbocycles. The zero-order chi connectivity index (χ0) is 11.3. The standard InChI is InChI=1S/C9H15N3O3/c1-7(10)9(12(13)14)5-11-8-3-2-4-15-6-8/h5,8H,2-4,6,10H2,1H3. The molecule has 0 radical (unpaired) electrons. The molecule has 1 aliphatic heterocycles. The van der Waals surface area contributed by atoms with Crippen LogP contribution >= 0.6 is 0 Å². The summed E-state index contributed by atoms with van der Waals surface area (Å²) in [6.07, 6.45) is 3.08. The van der Waals surface area contributed by atoms with E-state index in [2.05, 4.69) is 4.99 Å². The van der Waals surface area contributed by atoms with E-state index in [4.69, 9.17) is 10.5 Å². The van der Waals surface area contributed by atoms with Crippen molar-refractivity contribution in [1.29, 1.82) is 0 Å². The van der Waals surface area contributed by atoms with Crippen LogP contribution in [0.2, 0.25) is 0 Å². The predicted molar refractivity (Wildman–Crippen MR) is 56.2 cm³/mol. The van der Waals surface area contributed by atoms with Crippen LogP contribution in [0.25, 0.3) is 0 Å². The maximum absolute atomic E-state index is 10.6. The number of rotatable bonds is 3. The number of ether oxygens (including phenoxy) is 1. The van der Waals surface area contributed by atoms with Crippen molar-refractivity contribution >= 4 is 6.21 Å². The Morgan fingerprint density at radius 3 is 2.93 bits per heavy atom. The van der Waals surface area contributed by atoms with Crippen LogP contribution in [0.3, 0.4) is 0 Å². The summed E-state index contributed by atoms with van der Waals surface area (Å²) in [5.41, 5.74) is 5.40. The molecular weight excluding hydrogens is 198 g/mol. The third-order valence-corrected chi connectivity index (χ3v) is 2.14. The van der Waals surface area contributed by atoms with Gasteiger partial charge in [-0.3, -0.25) is 15.1 Å². The lowest BCUT2D eigenvalue weighted by Gasteiger charge is -2.17. The Bertz CT molecular complexity index is 289. The van der Waals surface area contributed by atoms with E-state index in [0.717, 1.165) is 19.4 Å². The summed E-state index contributed by atoms with van der Waals surface area (Å²) in [6, 6.07) is 0.0213. The van der Waals surface area contributed by atoms with Gasteiger partial charge in [-0.2, -0.15) is 0 Å². The number of nitrogens with zero attached hydrogens (tertiary/aromatic N) is 2. The van der Waals surface area contributed by atoms with E-state index < -0.39 is 4.92 Å². The Kier molecular flexibility index (Phi) is 4.23. The number of nitrogens with two attached hydrogens (primary N) is 1. The van der Waals surface area contributed by atoms with E-state index >= 15 is 0 Å². The minimum atomic E-state index is -0.525. The van der Waals surface area contributed by atoms with Gasteiger partial charge in [0.05, 0.1) is 23.3 Å². The highest BCUT2D eigenvalue weighted by atomic mass is 16.6. The van der Waals surface area contributed by atoms with Crippen molar-refractivity contribution in [2.45, 2.75) is 25.8 Å². The first kappa shape index (κ1) is 11.6. The third-order valence-electron chi connectivity index (χ3n) is 2.14. The zero-order valence-corrected chi connectivity index (χ0v) is 8.68. The fraction of sp³-hybridized carbons (Fsp3) is 0.667. The average molecular weight is 213 g/mol. The lowest BCUT2D eigenvalue weighted by Crippen LogP contribution is -2.21. The largest absolute Gasteiger partial charge is 0.397 e. The molecule has 0 aromatic carbocycles. The van der Waals surface area contributed by atoms with Crippen LogP contribution in [-0.2, 0) is 4.74 Å². The van der Waals surface area contributed by atoms with Gasteiger partial charge < -0.3 is 10.5 Å². The smallest absolute Gasteiger partial charge is 0.305 e. The van der Waals surface area contributed by atoms with Gasteiger partial charge in [-0.05, 0) is 19.8 Å². The minimum absolute atomic E-state index is 0.0213. The quantitative estimate of drug-likeness (QED) is 0.424.